The second-order valence-electron chi connectivity index (χ2n) is 6.71. The van der Waals surface area contributed by atoms with Crippen molar-refractivity contribution in [2.75, 3.05) is 19.6 Å². The van der Waals surface area contributed by atoms with Crippen molar-refractivity contribution in [1.82, 2.24) is 0 Å². The minimum Gasteiger partial charge on any atom is -1.00 e. The summed E-state index contributed by atoms with van der Waals surface area (Å²) in [5, 5.41) is 0. The van der Waals surface area contributed by atoms with Crippen LogP contribution in [0, 0.1) is 19.8 Å². The predicted octanol–water partition coefficient (Wildman–Crippen LogP) is -0.879. The zero-order valence-corrected chi connectivity index (χ0v) is 13.9. The smallest absolute Gasteiger partial charge is 0.171 e. The van der Waals surface area contributed by atoms with Crippen molar-refractivity contribution < 1.29 is 22.1 Å². The first-order valence-electron chi connectivity index (χ1n) is 8.13. The monoisotopic (exact) mass is 307 g/mol. The van der Waals surface area contributed by atoms with Gasteiger partial charge in [0.1, 0.15) is 0 Å². The second kappa shape index (κ2) is 6.93. The van der Waals surface area contributed by atoms with Gasteiger partial charge >= 0.3 is 0 Å². The van der Waals surface area contributed by atoms with Gasteiger partial charge in [0.05, 0.1) is 25.6 Å². The number of likely N-dealkylation sites (tertiary alicyclic amines) is 1. The quantitative estimate of drug-likeness (QED) is 0.753. The van der Waals surface area contributed by atoms with E-state index in [4.69, 9.17) is 0 Å². The third-order valence-electron chi connectivity index (χ3n) is 5.21. The number of piperidine rings is 1. The summed E-state index contributed by atoms with van der Waals surface area (Å²) < 4.78 is 0. The number of halogens is 1. The van der Waals surface area contributed by atoms with Gasteiger partial charge in [-0.2, -0.15) is 0 Å². The lowest BCUT2D eigenvalue weighted by atomic mass is 9.80. The number of nitrogens with one attached hydrogen (secondary N) is 1. The molecule has 1 aromatic rings. The van der Waals surface area contributed by atoms with E-state index in [1.807, 2.05) is 0 Å². The molecule has 1 aliphatic heterocycles. The summed E-state index contributed by atoms with van der Waals surface area (Å²) in [6.45, 7) is 7.85. The van der Waals surface area contributed by atoms with Gasteiger partial charge in [-0.1, -0.05) is 6.07 Å². The summed E-state index contributed by atoms with van der Waals surface area (Å²) in [5.74, 6) is 0.671. The number of benzene rings is 1. The minimum atomic E-state index is 0. The maximum Gasteiger partial charge on any atom is 0.171 e. The van der Waals surface area contributed by atoms with Gasteiger partial charge in [0.2, 0.25) is 0 Å². The molecular weight excluding hydrogens is 282 g/mol. The Morgan fingerprint density at radius 1 is 1.10 bits per heavy atom. The average Bonchev–Trinajstić information content (AvgIpc) is 2.46. The number of carbonyl (C=O) groups excluding carboxylic acids is 1. The summed E-state index contributed by atoms with van der Waals surface area (Å²) in [6.07, 6.45) is 6.19. The molecule has 1 atom stereocenters. The van der Waals surface area contributed by atoms with Gasteiger partial charge in [-0.3, -0.25) is 4.79 Å². The van der Waals surface area contributed by atoms with Crippen LogP contribution in [0.15, 0.2) is 12.1 Å². The van der Waals surface area contributed by atoms with Gasteiger partial charge in [-0.25, -0.2) is 0 Å². The maximum atomic E-state index is 12.7. The van der Waals surface area contributed by atoms with Crippen LogP contribution in [-0.4, -0.2) is 25.4 Å². The molecule has 2 nitrogen and oxygen atoms in total. The van der Waals surface area contributed by atoms with Crippen LogP contribution in [0.1, 0.15) is 52.7 Å². The van der Waals surface area contributed by atoms with Gasteiger partial charge in [0.15, 0.2) is 5.78 Å². The summed E-state index contributed by atoms with van der Waals surface area (Å²) >= 11 is 0. The number of carbonyl (C=O) groups is 1. The highest BCUT2D eigenvalue weighted by Gasteiger charge is 2.31. The SMILES string of the molecule is Cc1cc2c(cc1C)C(=O)C(C[NH+]1CCCCC1)CC2.[Cl-]. The van der Waals surface area contributed by atoms with Gasteiger partial charge < -0.3 is 17.3 Å². The van der Waals surface area contributed by atoms with Crippen LogP contribution in [0.2, 0.25) is 0 Å². The Kier molecular flexibility index (Phi) is 5.45. The van der Waals surface area contributed by atoms with E-state index >= 15 is 0 Å². The first-order valence-corrected chi connectivity index (χ1v) is 8.13. The van der Waals surface area contributed by atoms with E-state index in [1.165, 1.54) is 49.0 Å². The molecule has 0 spiro atoms. The van der Waals surface area contributed by atoms with Crippen LogP contribution in [0.25, 0.3) is 0 Å². The fourth-order valence-corrected chi connectivity index (χ4v) is 3.79. The number of quaternary nitrogens is 1. The molecule has 1 aromatic carbocycles. The minimum absolute atomic E-state index is 0. The highest BCUT2D eigenvalue weighted by molar-refractivity contribution is 6.00. The van der Waals surface area contributed by atoms with Crippen molar-refractivity contribution in [1.29, 1.82) is 0 Å². The molecule has 0 amide bonds. The maximum absolute atomic E-state index is 12.7. The average molecular weight is 308 g/mol. The highest BCUT2D eigenvalue weighted by atomic mass is 35.5. The molecule has 0 saturated carbocycles. The third-order valence-corrected chi connectivity index (χ3v) is 5.21. The number of hydrogen-bond donors (Lipinski definition) is 1. The normalized spacial score (nSPS) is 22.6. The van der Waals surface area contributed by atoms with Crippen LogP contribution in [0.4, 0.5) is 0 Å². The van der Waals surface area contributed by atoms with E-state index in [-0.39, 0.29) is 18.3 Å². The van der Waals surface area contributed by atoms with E-state index in [0.717, 1.165) is 24.9 Å². The van der Waals surface area contributed by atoms with Crippen molar-refractivity contribution in [3.63, 3.8) is 0 Å². The molecule has 0 aromatic heterocycles. The van der Waals surface area contributed by atoms with Gasteiger partial charge in [0.25, 0.3) is 0 Å². The molecule has 1 aliphatic carbocycles. The molecule has 1 fully saturated rings. The molecule has 0 bridgehead atoms. The lowest BCUT2D eigenvalue weighted by molar-refractivity contribution is -0.907. The molecular formula is C18H26ClNO. The van der Waals surface area contributed by atoms with Crippen molar-refractivity contribution in [2.45, 2.75) is 46.0 Å². The number of Topliss-reactive ketones (excluding diaryl/α,β-unsaturated/α-hetero) is 1. The first-order chi connectivity index (χ1) is 9.65. The Hall–Kier alpha value is -0.860. The summed E-state index contributed by atoms with van der Waals surface area (Å²) in [4.78, 5) is 14.4. The van der Waals surface area contributed by atoms with Crippen molar-refractivity contribution in [3.8, 4) is 0 Å². The second-order valence-corrected chi connectivity index (χ2v) is 6.71. The van der Waals surface area contributed by atoms with E-state index in [2.05, 4.69) is 26.0 Å². The lowest BCUT2D eigenvalue weighted by Gasteiger charge is -2.30. The van der Waals surface area contributed by atoms with Crippen LogP contribution in [0.3, 0.4) is 0 Å². The Bertz CT molecular complexity index is 520. The molecule has 1 unspecified atom stereocenters. The standard InChI is InChI=1S/C18H25NO.ClH/c1-13-10-15-6-7-16(12-19-8-4-3-5-9-19)18(20)17(15)11-14(13)2;/h10-11,16H,3-9,12H2,1-2H3;1H. The van der Waals surface area contributed by atoms with Gasteiger partial charge in [0, 0.05) is 5.56 Å². The predicted molar refractivity (Wildman–Crippen MR) is 81.5 cm³/mol. The Labute approximate surface area is 134 Å². The van der Waals surface area contributed by atoms with Crippen LogP contribution in [-0.2, 0) is 6.42 Å². The van der Waals surface area contributed by atoms with E-state index < -0.39 is 0 Å². The summed E-state index contributed by atoms with van der Waals surface area (Å²) in [7, 11) is 0. The van der Waals surface area contributed by atoms with E-state index in [1.54, 1.807) is 4.90 Å². The Balaban J connectivity index is 0.00000161. The van der Waals surface area contributed by atoms with Gasteiger partial charge in [-0.05, 0) is 68.7 Å². The topological polar surface area (TPSA) is 21.5 Å². The molecule has 1 heterocycles. The number of fused-ring (bicyclic) bond motifs is 1. The van der Waals surface area contributed by atoms with Crippen LogP contribution < -0.4 is 17.3 Å². The van der Waals surface area contributed by atoms with Gasteiger partial charge in [-0.15, -0.1) is 0 Å². The van der Waals surface area contributed by atoms with E-state index in [0.29, 0.717) is 5.78 Å². The van der Waals surface area contributed by atoms with Crippen molar-refractivity contribution >= 4 is 5.78 Å². The third kappa shape index (κ3) is 3.49. The fraction of sp³-hybridized carbons (Fsp3) is 0.611. The highest BCUT2D eigenvalue weighted by Crippen LogP contribution is 2.27. The molecule has 3 heteroatoms. The molecule has 3 rings (SSSR count). The Morgan fingerprint density at radius 2 is 1.76 bits per heavy atom. The molecule has 116 valence electrons. The number of rotatable bonds is 2. The summed E-state index contributed by atoms with van der Waals surface area (Å²) in [6, 6.07) is 4.36. The number of ketones is 1. The van der Waals surface area contributed by atoms with Crippen molar-refractivity contribution in [2.24, 2.45) is 5.92 Å². The van der Waals surface area contributed by atoms with Crippen LogP contribution in [0.5, 0.6) is 0 Å². The zero-order chi connectivity index (χ0) is 14.1. The molecule has 2 aliphatic rings. The Morgan fingerprint density at radius 3 is 2.48 bits per heavy atom. The largest absolute Gasteiger partial charge is 1.00 e. The van der Waals surface area contributed by atoms with Crippen LogP contribution >= 0.6 is 0 Å². The number of hydrogen-bond acceptors (Lipinski definition) is 1. The first kappa shape index (κ1) is 16.5. The molecule has 0 radical (unpaired) electrons. The lowest BCUT2D eigenvalue weighted by Crippen LogP contribution is -3.13. The van der Waals surface area contributed by atoms with E-state index in [9.17, 15) is 4.79 Å². The molecule has 21 heavy (non-hydrogen) atoms. The molecule has 1 N–H and O–H groups in total. The summed E-state index contributed by atoms with van der Waals surface area (Å²) in [5.41, 5.74) is 4.86. The fourth-order valence-electron chi connectivity index (χ4n) is 3.79. The zero-order valence-electron chi connectivity index (χ0n) is 13.2. The van der Waals surface area contributed by atoms with Crippen molar-refractivity contribution in [3.05, 3.63) is 34.4 Å². The number of aryl methyl sites for hydroxylation is 3. The molecule has 1 saturated heterocycles.